The predicted octanol–water partition coefficient (Wildman–Crippen LogP) is 1.07. The summed E-state index contributed by atoms with van der Waals surface area (Å²) in [5.74, 6) is -0.451. The first-order valence-corrected chi connectivity index (χ1v) is 6.25. The minimum Gasteiger partial charge on any atom is -0.406 e. The Bertz CT molecular complexity index is 853. The topological polar surface area (TPSA) is 86.9 Å². The van der Waals surface area contributed by atoms with Crippen molar-refractivity contribution in [3.05, 3.63) is 58.5 Å². The van der Waals surface area contributed by atoms with Crippen LogP contribution in [0, 0.1) is 0 Å². The van der Waals surface area contributed by atoms with Crippen molar-refractivity contribution in [2.45, 2.75) is 6.54 Å². The summed E-state index contributed by atoms with van der Waals surface area (Å²) in [5.41, 5.74) is 7.88. The fraction of sp³-hybridized carbons (Fsp3) is 0.0769. The van der Waals surface area contributed by atoms with Crippen LogP contribution in [-0.2, 0) is 6.54 Å². The van der Waals surface area contributed by atoms with E-state index in [0.717, 1.165) is 5.56 Å². The monoisotopic (exact) mass is 286 g/mol. The van der Waals surface area contributed by atoms with Crippen LogP contribution in [0.4, 0.5) is 0 Å². The molecular formula is C13H10N4O2S. The first-order chi connectivity index (χ1) is 9.65. The Morgan fingerprint density at radius 1 is 1.35 bits per heavy atom. The molecule has 0 amide bonds. The number of nitrogens with zero attached hydrogens (tertiary/aromatic N) is 3. The van der Waals surface area contributed by atoms with Gasteiger partial charge in [-0.25, -0.2) is 9.78 Å². The van der Waals surface area contributed by atoms with E-state index in [9.17, 15) is 4.79 Å². The molecule has 3 aromatic heterocycles. The number of hydrogen-bond acceptors (Lipinski definition) is 5. The minimum absolute atomic E-state index is 0.217. The highest BCUT2D eigenvalue weighted by molar-refractivity contribution is 7.80. The molecule has 0 saturated carbocycles. The van der Waals surface area contributed by atoms with Gasteiger partial charge in [0.2, 0.25) is 0 Å². The number of oxazole rings is 1. The van der Waals surface area contributed by atoms with Crippen molar-refractivity contribution in [1.82, 2.24) is 14.5 Å². The summed E-state index contributed by atoms with van der Waals surface area (Å²) in [7, 11) is 0. The lowest BCUT2D eigenvalue weighted by Gasteiger charge is -2.04. The molecule has 2 N–H and O–H groups in total. The standard InChI is InChI=1S/C13H10N4O2S/c14-11(20)9-6-8(3-5-15-9)7-17-12-10(19-13(17)18)2-1-4-16-12/h1-6H,7H2,(H2,14,20). The summed E-state index contributed by atoms with van der Waals surface area (Å²) in [6.45, 7) is 0.320. The maximum Gasteiger partial charge on any atom is 0.421 e. The van der Waals surface area contributed by atoms with Crippen molar-refractivity contribution >= 4 is 28.4 Å². The predicted molar refractivity (Wildman–Crippen MR) is 77.5 cm³/mol. The maximum atomic E-state index is 11.9. The molecule has 6 nitrogen and oxygen atoms in total. The average Bonchev–Trinajstić information content (AvgIpc) is 2.76. The lowest BCUT2D eigenvalue weighted by Crippen LogP contribution is -2.17. The van der Waals surface area contributed by atoms with E-state index < -0.39 is 5.76 Å². The molecule has 0 aliphatic heterocycles. The summed E-state index contributed by atoms with van der Waals surface area (Å²) >= 11 is 4.89. The second-order valence-electron chi connectivity index (χ2n) is 4.19. The van der Waals surface area contributed by atoms with E-state index in [1.54, 1.807) is 36.7 Å². The number of nitrogens with two attached hydrogens (primary N) is 1. The van der Waals surface area contributed by atoms with Crippen LogP contribution in [0.3, 0.4) is 0 Å². The van der Waals surface area contributed by atoms with Crippen molar-refractivity contribution in [2.24, 2.45) is 5.73 Å². The third-order valence-corrected chi connectivity index (χ3v) is 3.05. The molecular weight excluding hydrogens is 276 g/mol. The molecule has 0 fully saturated rings. The van der Waals surface area contributed by atoms with Crippen molar-refractivity contribution in [3.8, 4) is 0 Å². The Balaban J connectivity index is 2.05. The number of fused-ring (bicyclic) bond motifs is 1. The molecule has 0 atom stereocenters. The van der Waals surface area contributed by atoms with Crippen molar-refractivity contribution < 1.29 is 4.42 Å². The fourth-order valence-electron chi connectivity index (χ4n) is 1.93. The summed E-state index contributed by atoms with van der Waals surface area (Å²) in [5, 5.41) is 0. The molecule has 7 heteroatoms. The highest BCUT2D eigenvalue weighted by Crippen LogP contribution is 2.11. The fourth-order valence-corrected chi connectivity index (χ4v) is 2.04. The molecule has 20 heavy (non-hydrogen) atoms. The Hall–Kier alpha value is -2.54. The zero-order valence-electron chi connectivity index (χ0n) is 10.3. The van der Waals surface area contributed by atoms with Crippen LogP contribution in [-0.4, -0.2) is 19.5 Å². The third kappa shape index (κ3) is 2.19. The van der Waals surface area contributed by atoms with Gasteiger partial charge in [0.1, 0.15) is 4.99 Å². The molecule has 3 heterocycles. The lowest BCUT2D eigenvalue weighted by atomic mass is 10.2. The van der Waals surface area contributed by atoms with Gasteiger partial charge in [-0.2, -0.15) is 0 Å². The highest BCUT2D eigenvalue weighted by atomic mass is 32.1. The summed E-state index contributed by atoms with van der Waals surface area (Å²) in [6.07, 6.45) is 3.21. The number of aromatic nitrogens is 3. The first kappa shape index (κ1) is 12.5. The van der Waals surface area contributed by atoms with Crippen LogP contribution in [0.25, 0.3) is 11.2 Å². The Kier molecular flexibility index (Phi) is 3.03. The molecule has 100 valence electrons. The minimum atomic E-state index is -0.451. The number of hydrogen-bond donors (Lipinski definition) is 1. The van der Waals surface area contributed by atoms with E-state index in [4.69, 9.17) is 22.4 Å². The number of thiocarbonyl (C=S) groups is 1. The molecule has 0 bridgehead atoms. The molecule has 3 rings (SSSR count). The Labute approximate surface area is 118 Å². The van der Waals surface area contributed by atoms with Gasteiger partial charge in [0.15, 0.2) is 11.2 Å². The van der Waals surface area contributed by atoms with Crippen LogP contribution >= 0.6 is 12.2 Å². The van der Waals surface area contributed by atoms with Gasteiger partial charge in [0, 0.05) is 12.4 Å². The maximum absolute atomic E-state index is 11.9. The van der Waals surface area contributed by atoms with Crippen LogP contribution in [0.15, 0.2) is 45.9 Å². The first-order valence-electron chi connectivity index (χ1n) is 5.84. The van der Waals surface area contributed by atoms with Crippen LogP contribution in [0.2, 0.25) is 0 Å². The van der Waals surface area contributed by atoms with Crippen LogP contribution in [0.1, 0.15) is 11.3 Å². The summed E-state index contributed by atoms with van der Waals surface area (Å²) in [4.78, 5) is 20.3. The largest absolute Gasteiger partial charge is 0.421 e. The van der Waals surface area contributed by atoms with E-state index in [2.05, 4.69) is 9.97 Å². The molecule has 3 aromatic rings. The van der Waals surface area contributed by atoms with Gasteiger partial charge >= 0.3 is 5.76 Å². The second-order valence-corrected chi connectivity index (χ2v) is 4.63. The summed E-state index contributed by atoms with van der Waals surface area (Å²) < 4.78 is 6.58. The van der Waals surface area contributed by atoms with E-state index in [1.165, 1.54) is 4.57 Å². The van der Waals surface area contributed by atoms with Crippen molar-refractivity contribution in [2.75, 3.05) is 0 Å². The van der Waals surface area contributed by atoms with Gasteiger partial charge in [-0.15, -0.1) is 0 Å². The van der Waals surface area contributed by atoms with Crippen LogP contribution < -0.4 is 11.5 Å². The SMILES string of the molecule is NC(=S)c1cc(Cn2c(=O)oc3cccnc32)ccn1. The molecule has 0 aliphatic rings. The molecule has 0 saturated heterocycles. The highest BCUT2D eigenvalue weighted by Gasteiger charge is 2.10. The molecule has 0 aromatic carbocycles. The van der Waals surface area contributed by atoms with Gasteiger partial charge in [0.05, 0.1) is 12.2 Å². The van der Waals surface area contributed by atoms with E-state index in [1.807, 2.05) is 0 Å². The number of pyridine rings is 2. The van der Waals surface area contributed by atoms with Gasteiger partial charge in [0.25, 0.3) is 0 Å². The number of rotatable bonds is 3. The van der Waals surface area contributed by atoms with Crippen LogP contribution in [0.5, 0.6) is 0 Å². The van der Waals surface area contributed by atoms with Gasteiger partial charge < -0.3 is 10.2 Å². The average molecular weight is 286 g/mol. The zero-order chi connectivity index (χ0) is 14.1. The Morgan fingerprint density at radius 3 is 3.00 bits per heavy atom. The van der Waals surface area contributed by atoms with Crippen molar-refractivity contribution in [1.29, 1.82) is 0 Å². The van der Waals surface area contributed by atoms with E-state index in [0.29, 0.717) is 23.5 Å². The molecule has 0 spiro atoms. The zero-order valence-corrected chi connectivity index (χ0v) is 11.1. The molecule has 0 radical (unpaired) electrons. The van der Waals surface area contributed by atoms with Gasteiger partial charge in [-0.05, 0) is 29.8 Å². The van der Waals surface area contributed by atoms with Gasteiger partial charge in [-0.3, -0.25) is 9.55 Å². The Morgan fingerprint density at radius 2 is 2.20 bits per heavy atom. The van der Waals surface area contributed by atoms with E-state index in [-0.39, 0.29) is 4.99 Å². The second kappa shape index (κ2) is 4.86. The quantitative estimate of drug-likeness (QED) is 0.725. The van der Waals surface area contributed by atoms with E-state index >= 15 is 0 Å². The molecule has 0 aliphatic carbocycles. The van der Waals surface area contributed by atoms with Gasteiger partial charge in [-0.1, -0.05) is 12.2 Å². The third-order valence-electron chi connectivity index (χ3n) is 2.84. The lowest BCUT2D eigenvalue weighted by molar-refractivity contribution is 0.517. The smallest absolute Gasteiger partial charge is 0.406 e. The summed E-state index contributed by atoms with van der Waals surface area (Å²) in [6, 6.07) is 6.95. The normalized spacial score (nSPS) is 10.8. The van der Waals surface area contributed by atoms with Crippen molar-refractivity contribution in [3.63, 3.8) is 0 Å². The molecule has 0 unspecified atom stereocenters.